The highest BCUT2D eigenvalue weighted by Gasteiger charge is 2.28. The first-order valence-electron chi connectivity index (χ1n) is 6.41. The molecule has 1 atom stereocenters. The van der Waals surface area contributed by atoms with Crippen molar-refractivity contribution in [2.75, 3.05) is 26.5 Å². The molecule has 1 aliphatic rings. The number of hydrogen-bond acceptors (Lipinski definition) is 4. The summed E-state index contributed by atoms with van der Waals surface area (Å²) >= 11 is 0. The van der Waals surface area contributed by atoms with Gasteiger partial charge in [-0.25, -0.2) is 0 Å². The minimum atomic E-state index is -0.0385. The van der Waals surface area contributed by atoms with Gasteiger partial charge in [0, 0.05) is 24.3 Å². The molecule has 0 spiro atoms. The highest BCUT2D eigenvalue weighted by atomic mass is 16.5. The number of nitrogens with zero attached hydrogens (tertiary/aromatic N) is 1. The highest BCUT2D eigenvalue weighted by molar-refractivity contribution is 6.00. The van der Waals surface area contributed by atoms with Crippen molar-refractivity contribution in [1.82, 2.24) is 4.90 Å². The van der Waals surface area contributed by atoms with E-state index in [0.29, 0.717) is 22.7 Å². The molecular weight excluding hydrogens is 244 g/mol. The van der Waals surface area contributed by atoms with Crippen LogP contribution in [0.3, 0.4) is 0 Å². The molecular formula is C14H20N2O3. The molecule has 1 heterocycles. The van der Waals surface area contributed by atoms with Gasteiger partial charge in [0.1, 0.15) is 0 Å². The standard InChI is InChI=1S/C14H20N2O3/c1-9-5-4-6-16(9)14(17)10-7-12(18-2)13(19-3)8-11(10)15/h7-9H,4-6,15H2,1-3H3. The van der Waals surface area contributed by atoms with Crippen LogP contribution in [0.1, 0.15) is 30.1 Å². The van der Waals surface area contributed by atoms with Crippen molar-refractivity contribution in [1.29, 1.82) is 0 Å². The van der Waals surface area contributed by atoms with Gasteiger partial charge in [-0.05, 0) is 25.8 Å². The molecule has 1 aliphatic heterocycles. The molecule has 1 aromatic rings. The van der Waals surface area contributed by atoms with E-state index in [2.05, 4.69) is 6.92 Å². The lowest BCUT2D eigenvalue weighted by molar-refractivity contribution is 0.0748. The van der Waals surface area contributed by atoms with Crippen LogP contribution in [0.2, 0.25) is 0 Å². The summed E-state index contributed by atoms with van der Waals surface area (Å²) in [5.74, 6) is 1.02. The maximum Gasteiger partial charge on any atom is 0.256 e. The van der Waals surface area contributed by atoms with Crippen LogP contribution in [0.5, 0.6) is 11.5 Å². The molecule has 0 aliphatic carbocycles. The lowest BCUT2D eigenvalue weighted by Gasteiger charge is -2.22. The van der Waals surface area contributed by atoms with E-state index in [9.17, 15) is 4.79 Å². The number of nitrogen functional groups attached to an aromatic ring is 1. The summed E-state index contributed by atoms with van der Waals surface area (Å²) in [5.41, 5.74) is 6.85. The molecule has 1 unspecified atom stereocenters. The van der Waals surface area contributed by atoms with Crippen molar-refractivity contribution in [2.45, 2.75) is 25.8 Å². The van der Waals surface area contributed by atoms with Crippen molar-refractivity contribution >= 4 is 11.6 Å². The second-order valence-corrected chi connectivity index (χ2v) is 4.78. The van der Waals surface area contributed by atoms with Gasteiger partial charge in [-0.15, -0.1) is 0 Å². The molecule has 104 valence electrons. The van der Waals surface area contributed by atoms with Crippen LogP contribution in [0.25, 0.3) is 0 Å². The van der Waals surface area contributed by atoms with Gasteiger partial charge in [-0.2, -0.15) is 0 Å². The molecule has 0 aromatic heterocycles. The maximum atomic E-state index is 12.5. The zero-order chi connectivity index (χ0) is 14.0. The van der Waals surface area contributed by atoms with Crippen molar-refractivity contribution in [3.8, 4) is 11.5 Å². The maximum absolute atomic E-state index is 12.5. The Kier molecular flexibility index (Phi) is 3.83. The van der Waals surface area contributed by atoms with E-state index in [1.54, 1.807) is 26.4 Å². The first kappa shape index (κ1) is 13.5. The summed E-state index contributed by atoms with van der Waals surface area (Å²) in [5, 5.41) is 0. The fraction of sp³-hybridized carbons (Fsp3) is 0.500. The lowest BCUT2D eigenvalue weighted by Crippen LogP contribution is -2.34. The number of likely N-dealkylation sites (tertiary alicyclic amines) is 1. The zero-order valence-electron chi connectivity index (χ0n) is 11.6. The first-order chi connectivity index (χ1) is 9.08. The highest BCUT2D eigenvalue weighted by Crippen LogP contribution is 2.33. The molecule has 19 heavy (non-hydrogen) atoms. The Morgan fingerprint density at radius 2 is 1.95 bits per heavy atom. The molecule has 1 saturated heterocycles. The van der Waals surface area contributed by atoms with Gasteiger partial charge in [0.15, 0.2) is 11.5 Å². The van der Waals surface area contributed by atoms with Crippen molar-refractivity contribution in [3.63, 3.8) is 0 Å². The number of carbonyl (C=O) groups excluding carboxylic acids is 1. The number of benzene rings is 1. The number of nitrogens with two attached hydrogens (primary N) is 1. The van der Waals surface area contributed by atoms with Crippen LogP contribution in [0.4, 0.5) is 5.69 Å². The van der Waals surface area contributed by atoms with Crippen LogP contribution in [0, 0.1) is 0 Å². The Bertz CT molecular complexity index is 488. The van der Waals surface area contributed by atoms with E-state index in [1.165, 1.54) is 0 Å². The number of amides is 1. The number of methoxy groups -OCH3 is 2. The Morgan fingerprint density at radius 3 is 2.47 bits per heavy atom. The number of rotatable bonds is 3. The van der Waals surface area contributed by atoms with E-state index < -0.39 is 0 Å². The fourth-order valence-corrected chi connectivity index (χ4v) is 2.47. The molecule has 5 heteroatoms. The van der Waals surface area contributed by atoms with Crippen LogP contribution >= 0.6 is 0 Å². The summed E-state index contributed by atoms with van der Waals surface area (Å²) in [6, 6.07) is 3.55. The lowest BCUT2D eigenvalue weighted by atomic mass is 10.1. The quantitative estimate of drug-likeness (QED) is 0.847. The summed E-state index contributed by atoms with van der Waals surface area (Å²) in [7, 11) is 3.09. The first-order valence-corrected chi connectivity index (χ1v) is 6.41. The third-order valence-electron chi connectivity index (χ3n) is 3.60. The van der Waals surface area contributed by atoms with Gasteiger partial charge in [0.25, 0.3) is 5.91 Å². The molecule has 2 N–H and O–H groups in total. The summed E-state index contributed by atoms with van der Waals surface area (Å²) < 4.78 is 10.4. The molecule has 1 aromatic carbocycles. The third kappa shape index (κ3) is 2.45. The number of carbonyl (C=O) groups is 1. The van der Waals surface area contributed by atoms with Crippen LogP contribution in [-0.2, 0) is 0 Å². The van der Waals surface area contributed by atoms with Crippen LogP contribution in [0.15, 0.2) is 12.1 Å². The minimum Gasteiger partial charge on any atom is -0.493 e. The van der Waals surface area contributed by atoms with Crippen molar-refractivity contribution in [2.24, 2.45) is 0 Å². The molecule has 0 radical (unpaired) electrons. The topological polar surface area (TPSA) is 64.8 Å². The normalized spacial score (nSPS) is 18.5. The molecule has 0 bridgehead atoms. The van der Waals surface area contributed by atoms with Crippen LogP contribution < -0.4 is 15.2 Å². The Labute approximate surface area is 113 Å². The smallest absolute Gasteiger partial charge is 0.256 e. The zero-order valence-corrected chi connectivity index (χ0v) is 11.6. The van der Waals surface area contributed by atoms with E-state index in [4.69, 9.17) is 15.2 Å². The van der Waals surface area contributed by atoms with E-state index in [-0.39, 0.29) is 11.9 Å². The Hall–Kier alpha value is -1.91. The summed E-state index contributed by atoms with van der Waals surface area (Å²) in [4.78, 5) is 14.4. The predicted molar refractivity (Wildman–Crippen MR) is 73.7 cm³/mol. The van der Waals surface area contributed by atoms with Crippen molar-refractivity contribution in [3.05, 3.63) is 17.7 Å². The summed E-state index contributed by atoms with van der Waals surface area (Å²) in [6.07, 6.45) is 2.08. The molecule has 1 amide bonds. The number of anilines is 1. The second-order valence-electron chi connectivity index (χ2n) is 4.78. The fourth-order valence-electron chi connectivity index (χ4n) is 2.47. The van der Waals surface area contributed by atoms with Crippen molar-refractivity contribution < 1.29 is 14.3 Å². The molecule has 2 rings (SSSR count). The SMILES string of the molecule is COc1cc(N)c(C(=O)N2CCCC2C)cc1OC. The van der Waals surface area contributed by atoms with Crippen LogP contribution in [-0.4, -0.2) is 37.6 Å². The molecule has 5 nitrogen and oxygen atoms in total. The van der Waals surface area contributed by atoms with Gasteiger partial charge < -0.3 is 20.1 Å². The van der Waals surface area contributed by atoms with Gasteiger partial charge >= 0.3 is 0 Å². The molecule has 0 saturated carbocycles. The monoisotopic (exact) mass is 264 g/mol. The molecule has 1 fully saturated rings. The minimum absolute atomic E-state index is 0.0385. The predicted octanol–water partition coefficient (Wildman–Crippen LogP) is 1.91. The van der Waals surface area contributed by atoms with Gasteiger partial charge in [0.2, 0.25) is 0 Å². The average Bonchev–Trinajstić information content (AvgIpc) is 2.83. The van der Waals surface area contributed by atoms with E-state index in [0.717, 1.165) is 19.4 Å². The van der Waals surface area contributed by atoms with Gasteiger partial charge in [-0.3, -0.25) is 4.79 Å². The second kappa shape index (κ2) is 5.38. The number of hydrogen-bond donors (Lipinski definition) is 1. The Balaban J connectivity index is 2.36. The van der Waals surface area contributed by atoms with E-state index >= 15 is 0 Å². The largest absolute Gasteiger partial charge is 0.493 e. The van der Waals surface area contributed by atoms with Gasteiger partial charge in [-0.1, -0.05) is 0 Å². The Morgan fingerprint density at radius 1 is 1.32 bits per heavy atom. The number of ether oxygens (including phenoxy) is 2. The summed E-state index contributed by atoms with van der Waals surface area (Å²) in [6.45, 7) is 2.84. The van der Waals surface area contributed by atoms with E-state index in [1.807, 2.05) is 4.90 Å². The third-order valence-corrected chi connectivity index (χ3v) is 3.60. The van der Waals surface area contributed by atoms with Gasteiger partial charge in [0.05, 0.1) is 19.8 Å². The average molecular weight is 264 g/mol.